The summed E-state index contributed by atoms with van der Waals surface area (Å²) in [5, 5.41) is 30.6. The van der Waals surface area contributed by atoms with E-state index in [1.807, 2.05) is 6.92 Å². The lowest BCUT2D eigenvalue weighted by molar-refractivity contribution is -0.408. The van der Waals surface area contributed by atoms with Crippen molar-refractivity contribution in [2.45, 2.75) is 246 Å². The third kappa shape index (κ3) is 12.8. The molecule has 5 unspecified atom stereocenters. The minimum atomic E-state index is -6.34. The van der Waals surface area contributed by atoms with Crippen LogP contribution in [0.5, 0.6) is 0 Å². The highest BCUT2D eigenvalue weighted by molar-refractivity contribution is 5.78. The fraction of sp³-hybridized carbons (Fsp3) is 0.962. The molecule has 82 heavy (non-hydrogen) atoms. The quantitative estimate of drug-likeness (QED) is 0.0884. The van der Waals surface area contributed by atoms with Crippen LogP contribution in [-0.2, 0) is 28.5 Å². The summed E-state index contributed by atoms with van der Waals surface area (Å²) in [6, 6.07) is 0. The van der Waals surface area contributed by atoms with Crippen LogP contribution >= 0.6 is 0 Å². The summed E-state index contributed by atoms with van der Waals surface area (Å²) in [7, 11) is 0. The van der Waals surface area contributed by atoms with Gasteiger partial charge in [-0.25, -0.2) is 0 Å². The van der Waals surface area contributed by atoms with Gasteiger partial charge in [0.1, 0.15) is 11.2 Å². The lowest BCUT2D eigenvalue weighted by Gasteiger charge is -2.62. The first-order valence-electron chi connectivity index (χ1n) is 27.1. The first kappa shape index (κ1) is 70.0. The molecule has 0 aromatic heterocycles. The minimum Gasteiger partial charge on any atom is -0.458 e. The second-order valence-electron chi connectivity index (χ2n) is 25.1. The van der Waals surface area contributed by atoms with Crippen molar-refractivity contribution in [2.75, 3.05) is 13.2 Å². The van der Waals surface area contributed by atoms with Crippen molar-refractivity contribution in [1.29, 1.82) is 0 Å². The molecule has 0 amide bonds. The highest BCUT2D eigenvalue weighted by Crippen LogP contribution is 2.63. The zero-order valence-corrected chi connectivity index (χ0v) is 45.9. The van der Waals surface area contributed by atoms with Crippen LogP contribution in [0.1, 0.15) is 164 Å². The van der Waals surface area contributed by atoms with Gasteiger partial charge in [-0.1, -0.05) is 20.8 Å². The zero-order chi connectivity index (χ0) is 63.2. The molecule has 9 saturated carbocycles. The first-order chi connectivity index (χ1) is 36.7. The lowest BCUT2D eigenvalue weighted by atomic mass is 9.50. The SMILES string of the molecule is CCC(C)(C(=O)OC1(C)C2CC3CC(C2)CC1C3)C(F)(F)F.CCC(C)(C(=O)OC12CC3CC(O)(CC(O)(C3)C1)C2)C(F)(F)F.CCC(C)(OCCOC(C1CCC(C(O)(C(F)(F)F)C(F)(F)F)CC1)(C(F)(F)F)C(F)(F)F)C(F)(F)F. The molecule has 0 heterocycles. The smallest absolute Gasteiger partial charge is 0.426 e. The van der Waals surface area contributed by atoms with E-state index < -0.39 is 169 Å². The van der Waals surface area contributed by atoms with Crippen LogP contribution in [0.25, 0.3) is 0 Å². The highest BCUT2D eigenvalue weighted by atomic mass is 19.4. The molecule has 8 bridgehead atoms. The second-order valence-corrected chi connectivity index (χ2v) is 25.1. The van der Waals surface area contributed by atoms with Gasteiger partial charge in [-0.2, -0.15) is 92.2 Å². The maximum atomic E-state index is 13.8. The summed E-state index contributed by atoms with van der Waals surface area (Å²) in [6.07, 6.45) is -40.1. The first-order valence-corrected chi connectivity index (χ1v) is 27.1. The molecule has 0 aromatic rings. The van der Waals surface area contributed by atoms with Crippen LogP contribution in [0, 0.1) is 52.3 Å². The van der Waals surface area contributed by atoms with Gasteiger partial charge < -0.3 is 34.3 Å². The normalized spacial score (nSPS) is 34.6. The van der Waals surface area contributed by atoms with E-state index in [9.17, 15) is 117 Å². The summed E-state index contributed by atoms with van der Waals surface area (Å²) >= 11 is 0. The molecule has 0 saturated heterocycles. The number of alkyl halides is 21. The van der Waals surface area contributed by atoms with Gasteiger partial charge in [0.05, 0.1) is 24.4 Å². The van der Waals surface area contributed by atoms with Crippen molar-refractivity contribution in [3.63, 3.8) is 0 Å². The van der Waals surface area contributed by atoms with Crippen LogP contribution < -0.4 is 0 Å². The minimum absolute atomic E-state index is 0.0205. The van der Waals surface area contributed by atoms with Gasteiger partial charge in [0.2, 0.25) is 0 Å². The number of hydrogen-bond acceptors (Lipinski definition) is 9. The largest absolute Gasteiger partial charge is 0.458 e. The standard InChI is InChI=1S/C19H23F15O3.C17H25F3O2.C16H23F3O4/c1-3-12(2,15(20,21)22)36-8-9-37-14(18(29,30)31,19(32,33)34)11-6-4-10(5-7-11)13(35,16(23,24)25)17(26,27)28;1-4-15(2,17(18,19)20)14(21)22-16(3)12-6-10-5-11(8-12)9-13(16)7-10;1-3-12(2,16(17,18)19)11(20)23-15-6-10-4-13(21,8-15)7-14(22,5-10)9-15/h10-11,35H,3-9H2,1-2H3;10-13H,4-9H2,1-3H3;10,21-22H,3-9H2,1-2H3. The summed E-state index contributed by atoms with van der Waals surface area (Å²) in [5.41, 5.74) is -22.6. The average molecular weight is 1240 g/mol. The van der Waals surface area contributed by atoms with Gasteiger partial charge in [-0.05, 0) is 154 Å². The van der Waals surface area contributed by atoms with Crippen molar-refractivity contribution in [1.82, 2.24) is 0 Å². The summed E-state index contributed by atoms with van der Waals surface area (Å²) in [5.74, 6) is -6.14. The number of rotatable bonds is 14. The van der Waals surface area contributed by atoms with E-state index in [-0.39, 0.29) is 43.4 Å². The average Bonchev–Trinajstić information content (AvgIpc) is 1.56. The van der Waals surface area contributed by atoms with Crippen LogP contribution in [0.2, 0.25) is 0 Å². The van der Waals surface area contributed by atoms with Gasteiger partial charge in [0.15, 0.2) is 16.4 Å². The Balaban J connectivity index is 0.000000236. The molecule has 9 nitrogen and oxygen atoms in total. The van der Waals surface area contributed by atoms with Crippen molar-refractivity contribution < 1.29 is 136 Å². The Morgan fingerprint density at radius 3 is 1.17 bits per heavy atom. The lowest BCUT2D eigenvalue weighted by Crippen LogP contribution is -2.67. The Kier molecular flexibility index (Phi) is 19.2. The molecule has 0 spiro atoms. The Labute approximate surface area is 459 Å². The maximum absolute atomic E-state index is 13.8. The van der Waals surface area contributed by atoms with Gasteiger partial charge in [0, 0.05) is 31.1 Å². The van der Waals surface area contributed by atoms with Crippen LogP contribution in [0.4, 0.5) is 92.2 Å². The predicted molar refractivity (Wildman–Crippen MR) is 244 cm³/mol. The van der Waals surface area contributed by atoms with Crippen LogP contribution in [0.15, 0.2) is 0 Å². The van der Waals surface area contributed by atoms with Gasteiger partial charge in [-0.3, -0.25) is 9.59 Å². The van der Waals surface area contributed by atoms with Crippen molar-refractivity contribution >= 4 is 11.9 Å². The van der Waals surface area contributed by atoms with E-state index in [1.54, 1.807) is 0 Å². The molecular weight excluding hydrogens is 1170 g/mol. The van der Waals surface area contributed by atoms with E-state index in [4.69, 9.17) is 9.47 Å². The number of halogens is 21. The molecule has 3 N–H and O–H groups in total. The van der Waals surface area contributed by atoms with E-state index in [0.29, 0.717) is 38.0 Å². The molecular formula is C52H71F21O9. The maximum Gasteiger partial charge on any atom is 0.426 e. The Bertz CT molecular complexity index is 2160. The number of hydrogen-bond donors (Lipinski definition) is 3. The molecule has 9 rings (SSSR count). The monoisotopic (exact) mass is 1240 g/mol. The summed E-state index contributed by atoms with van der Waals surface area (Å²) < 4.78 is 299. The topological polar surface area (TPSA) is 132 Å². The van der Waals surface area contributed by atoms with E-state index >= 15 is 0 Å². The van der Waals surface area contributed by atoms with E-state index in [2.05, 4.69) is 9.47 Å². The molecule has 5 atom stereocenters. The molecule has 9 aliphatic rings. The van der Waals surface area contributed by atoms with Gasteiger partial charge in [0.25, 0.3) is 11.2 Å². The van der Waals surface area contributed by atoms with Crippen LogP contribution in [-0.4, -0.2) is 123 Å². The summed E-state index contributed by atoms with van der Waals surface area (Å²) in [6.45, 7) is 4.75. The molecule has 9 fully saturated rings. The summed E-state index contributed by atoms with van der Waals surface area (Å²) in [4.78, 5) is 24.7. The van der Waals surface area contributed by atoms with Crippen LogP contribution in [0.3, 0.4) is 0 Å². The molecule has 480 valence electrons. The molecule has 30 heteroatoms. The molecule has 9 aliphatic carbocycles. The fourth-order valence-electron chi connectivity index (χ4n) is 14.5. The van der Waals surface area contributed by atoms with E-state index in [1.165, 1.54) is 20.3 Å². The van der Waals surface area contributed by atoms with Gasteiger partial charge >= 0.3 is 55.2 Å². The number of ether oxygens (including phenoxy) is 4. The number of carbonyl (C=O) groups is 2. The predicted octanol–water partition coefficient (Wildman–Crippen LogP) is 14.7. The Morgan fingerprint density at radius 1 is 0.463 bits per heavy atom. The third-order valence-corrected chi connectivity index (χ3v) is 19.6. The molecule has 0 radical (unpaired) electrons. The number of aliphatic hydroxyl groups is 3. The van der Waals surface area contributed by atoms with Crippen molar-refractivity contribution in [3.05, 3.63) is 0 Å². The Hall–Kier alpha value is -2.73. The molecule has 0 aromatic carbocycles. The van der Waals surface area contributed by atoms with Crippen molar-refractivity contribution in [3.8, 4) is 0 Å². The van der Waals surface area contributed by atoms with Gasteiger partial charge in [-0.15, -0.1) is 0 Å². The Morgan fingerprint density at radius 2 is 0.841 bits per heavy atom. The molecule has 0 aliphatic heterocycles. The van der Waals surface area contributed by atoms with Crippen molar-refractivity contribution in [2.24, 2.45) is 52.3 Å². The zero-order valence-electron chi connectivity index (χ0n) is 45.9. The second kappa shape index (κ2) is 22.5. The van der Waals surface area contributed by atoms with E-state index in [0.717, 1.165) is 46.5 Å². The fourth-order valence-corrected chi connectivity index (χ4v) is 14.5. The highest BCUT2D eigenvalue weighted by Gasteiger charge is 2.78. The third-order valence-electron chi connectivity index (χ3n) is 19.6. The number of esters is 2. The number of carbonyl (C=O) groups excluding carboxylic acids is 2.